The monoisotopic (exact) mass is 415 g/mol. The molecule has 0 saturated heterocycles. The molecule has 2 aromatic heterocycles. The van der Waals surface area contributed by atoms with Crippen LogP contribution in [-0.4, -0.2) is 52.4 Å². The highest BCUT2D eigenvalue weighted by Gasteiger charge is 2.22. The van der Waals surface area contributed by atoms with Crippen molar-refractivity contribution < 1.29 is 8.42 Å². The molecular weight excluding hydrogens is 386 g/mol. The molecule has 0 atom stereocenters. The molecular formula is C21H29N5O2S. The molecule has 156 valence electrons. The van der Waals surface area contributed by atoms with Crippen LogP contribution >= 0.6 is 0 Å². The molecule has 1 N–H and O–H groups in total. The molecule has 3 aromatic rings. The Hall–Kier alpha value is -2.45. The third-order valence-electron chi connectivity index (χ3n) is 5.02. The van der Waals surface area contributed by atoms with Gasteiger partial charge in [0.25, 0.3) is 0 Å². The third-order valence-corrected chi connectivity index (χ3v) is 6.66. The van der Waals surface area contributed by atoms with Gasteiger partial charge < -0.3 is 9.47 Å². The molecule has 0 fully saturated rings. The average Bonchev–Trinajstić information content (AvgIpc) is 3.38. The highest BCUT2D eigenvalue weighted by Crippen LogP contribution is 2.17. The highest BCUT2D eigenvalue weighted by atomic mass is 32.2. The Morgan fingerprint density at radius 3 is 2.59 bits per heavy atom. The van der Waals surface area contributed by atoms with Crippen molar-refractivity contribution in [3.05, 3.63) is 65.7 Å². The van der Waals surface area contributed by atoms with Crippen LogP contribution in [0.15, 0.2) is 54.1 Å². The topological polar surface area (TPSA) is 83.9 Å². The van der Waals surface area contributed by atoms with E-state index < -0.39 is 9.84 Å². The van der Waals surface area contributed by atoms with Crippen LogP contribution in [0.3, 0.4) is 0 Å². The summed E-state index contributed by atoms with van der Waals surface area (Å²) in [7, 11) is -1.33. The van der Waals surface area contributed by atoms with Crippen molar-refractivity contribution in [3.63, 3.8) is 0 Å². The molecule has 0 unspecified atom stereocenters. The highest BCUT2D eigenvalue weighted by molar-refractivity contribution is 7.91. The van der Waals surface area contributed by atoms with Gasteiger partial charge in [-0.15, -0.1) is 0 Å². The van der Waals surface area contributed by atoms with Crippen LogP contribution in [0.1, 0.15) is 30.2 Å². The van der Waals surface area contributed by atoms with Crippen LogP contribution in [0.2, 0.25) is 0 Å². The zero-order valence-electron chi connectivity index (χ0n) is 17.1. The number of hydrogen-bond acceptors (Lipinski definition) is 5. The van der Waals surface area contributed by atoms with Crippen LogP contribution in [0, 0.1) is 0 Å². The van der Waals surface area contributed by atoms with E-state index in [-0.39, 0.29) is 10.9 Å². The molecule has 0 saturated carbocycles. The van der Waals surface area contributed by atoms with Crippen molar-refractivity contribution in [1.29, 1.82) is 0 Å². The van der Waals surface area contributed by atoms with Gasteiger partial charge in [0.1, 0.15) is 0 Å². The molecule has 29 heavy (non-hydrogen) atoms. The number of likely N-dealkylation sites (N-methyl/N-ethyl adjacent to an activating group) is 1. The van der Waals surface area contributed by atoms with Crippen LogP contribution in [0.25, 0.3) is 0 Å². The molecule has 0 bridgehead atoms. The fraction of sp³-hybridized carbons (Fsp3) is 0.429. The summed E-state index contributed by atoms with van der Waals surface area (Å²) in [6.45, 7) is 3.80. The summed E-state index contributed by atoms with van der Waals surface area (Å²) < 4.78 is 26.9. The number of nitrogens with one attached hydrogen (secondary N) is 1. The van der Waals surface area contributed by atoms with Crippen molar-refractivity contribution in [2.45, 2.75) is 44.4 Å². The van der Waals surface area contributed by atoms with Gasteiger partial charge in [0, 0.05) is 25.8 Å². The number of sulfone groups is 1. The third kappa shape index (κ3) is 5.77. The van der Waals surface area contributed by atoms with E-state index in [0.29, 0.717) is 13.1 Å². The van der Waals surface area contributed by atoms with E-state index in [9.17, 15) is 8.42 Å². The largest absolute Gasteiger partial charge is 0.318 e. The molecule has 2 heterocycles. The van der Waals surface area contributed by atoms with Crippen LogP contribution < -0.4 is 0 Å². The molecule has 8 heteroatoms. The lowest BCUT2D eigenvalue weighted by atomic mass is 10.1. The molecule has 3 rings (SSSR count). The first-order chi connectivity index (χ1) is 14.0. The number of aromatic nitrogens is 4. The summed E-state index contributed by atoms with van der Waals surface area (Å²) in [6.07, 6.45) is 8.08. The van der Waals surface area contributed by atoms with Crippen LogP contribution in [0.5, 0.6) is 0 Å². The normalized spacial score (nSPS) is 12.0. The van der Waals surface area contributed by atoms with E-state index in [1.54, 1.807) is 13.1 Å². The van der Waals surface area contributed by atoms with Gasteiger partial charge in [-0.3, -0.25) is 5.10 Å². The number of rotatable bonds is 11. The number of nitrogens with zero attached hydrogens (tertiary/aromatic N) is 4. The zero-order chi connectivity index (χ0) is 20.7. The first-order valence-corrected chi connectivity index (χ1v) is 11.6. The summed E-state index contributed by atoms with van der Waals surface area (Å²) in [5.74, 6) is 0.0540. The Bertz CT molecular complexity index is 982. The van der Waals surface area contributed by atoms with Crippen molar-refractivity contribution in [2.24, 2.45) is 0 Å². The van der Waals surface area contributed by atoms with E-state index in [0.717, 1.165) is 37.1 Å². The van der Waals surface area contributed by atoms with Crippen molar-refractivity contribution in [3.8, 4) is 0 Å². The number of imidazole rings is 1. The minimum Gasteiger partial charge on any atom is -0.318 e. The maximum atomic E-state index is 12.5. The number of hydrogen-bond donors (Lipinski definition) is 1. The predicted octanol–water partition coefficient (Wildman–Crippen LogP) is 2.71. The zero-order valence-corrected chi connectivity index (χ0v) is 17.9. The number of aryl methyl sites for hydroxylation is 1. The molecule has 0 amide bonds. The van der Waals surface area contributed by atoms with Gasteiger partial charge >= 0.3 is 0 Å². The van der Waals surface area contributed by atoms with Crippen molar-refractivity contribution in [2.75, 3.05) is 19.3 Å². The van der Waals surface area contributed by atoms with Crippen LogP contribution in [0.4, 0.5) is 0 Å². The SMILES string of the molecule is CCS(=O)(=O)c1ncc(CN(C)CCc2cn[nH]c2)n1CCCc1ccccc1. The second kappa shape index (κ2) is 9.84. The first-order valence-electron chi connectivity index (χ1n) is 9.97. The maximum Gasteiger partial charge on any atom is 0.227 e. The fourth-order valence-electron chi connectivity index (χ4n) is 3.31. The lowest BCUT2D eigenvalue weighted by Crippen LogP contribution is -2.23. The smallest absolute Gasteiger partial charge is 0.227 e. The van der Waals surface area contributed by atoms with Crippen LogP contribution in [-0.2, 0) is 35.8 Å². The summed E-state index contributed by atoms with van der Waals surface area (Å²) in [4.78, 5) is 6.46. The van der Waals surface area contributed by atoms with Gasteiger partial charge in [-0.2, -0.15) is 5.10 Å². The Balaban J connectivity index is 1.70. The first kappa shape index (κ1) is 21.3. The van der Waals surface area contributed by atoms with Gasteiger partial charge in [-0.05, 0) is 37.4 Å². The Kier molecular flexibility index (Phi) is 7.22. The van der Waals surface area contributed by atoms with Crippen molar-refractivity contribution in [1.82, 2.24) is 24.6 Å². The van der Waals surface area contributed by atoms with E-state index in [4.69, 9.17) is 0 Å². The molecule has 0 aliphatic rings. The minimum atomic E-state index is -3.37. The Morgan fingerprint density at radius 2 is 1.90 bits per heavy atom. The second-order valence-electron chi connectivity index (χ2n) is 7.27. The fourth-order valence-corrected chi connectivity index (χ4v) is 4.33. The number of benzene rings is 1. The lowest BCUT2D eigenvalue weighted by Gasteiger charge is -2.18. The predicted molar refractivity (Wildman–Crippen MR) is 113 cm³/mol. The van der Waals surface area contributed by atoms with E-state index in [1.165, 1.54) is 5.56 Å². The quantitative estimate of drug-likeness (QED) is 0.521. The summed E-state index contributed by atoms with van der Waals surface area (Å²) >= 11 is 0. The Labute approximate surface area is 172 Å². The molecule has 1 aromatic carbocycles. The van der Waals surface area contributed by atoms with Gasteiger partial charge in [0.15, 0.2) is 0 Å². The molecule has 0 radical (unpaired) electrons. The Morgan fingerprint density at radius 1 is 1.10 bits per heavy atom. The van der Waals surface area contributed by atoms with E-state index in [2.05, 4.69) is 32.2 Å². The summed E-state index contributed by atoms with van der Waals surface area (Å²) in [5, 5.41) is 6.98. The number of H-pyrrole nitrogens is 1. The second-order valence-corrected chi connectivity index (χ2v) is 9.44. The summed E-state index contributed by atoms with van der Waals surface area (Å²) in [6, 6.07) is 10.3. The van der Waals surface area contributed by atoms with Gasteiger partial charge in [0.05, 0.1) is 23.8 Å². The molecule has 0 aliphatic carbocycles. The van der Waals surface area contributed by atoms with Gasteiger partial charge in [0.2, 0.25) is 15.0 Å². The lowest BCUT2D eigenvalue weighted by molar-refractivity contribution is 0.318. The summed E-state index contributed by atoms with van der Waals surface area (Å²) in [5.41, 5.74) is 3.34. The van der Waals surface area contributed by atoms with Crippen molar-refractivity contribution >= 4 is 9.84 Å². The van der Waals surface area contributed by atoms with E-state index in [1.807, 2.05) is 42.2 Å². The minimum absolute atomic E-state index is 0.0540. The van der Waals surface area contributed by atoms with Gasteiger partial charge in [-0.25, -0.2) is 13.4 Å². The number of aromatic amines is 1. The maximum absolute atomic E-state index is 12.5. The van der Waals surface area contributed by atoms with Gasteiger partial charge in [-0.1, -0.05) is 37.3 Å². The molecule has 0 aliphatic heterocycles. The van der Waals surface area contributed by atoms with E-state index >= 15 is 0 Å². The molecule has 7 nitrogen and oxygen atoms in total. The average molecular weight is 416 g/mol. The standard InChI is InChI=1S/C21H29N5O2S/c1-3-29(27,28)21-22-16-20(17-25(2)13-11-19-14-23-24-15-19)26(21)12-7-10-18-8-5-4-6-9-18/h4-6,8-9,14-16H,3,7,10-13,17H2,1-2H3,(H,23,24). The molecule has 0 spiro atoms.